The predicted molar refractivity (Wildman–Crippen MR) is 59.7 cm³/mol. The van der Waals surface area contributed by atoms with Gasteiger partial charge in [-0.2, -0.15) is 0 Å². The van der Waals surface area contributed by atoms with Crippen LogP contribution in [0.4, 0.5) is 0 Å². The molecule has 1 atom stereocenters. The fourth-order valence-electron chi connectivity index (χ4n) is 1.79. The second-order valence-corrected chi connectivity index (χ2v) is 4.36. The molecule has 82 valence electrons. The highest BCUT2D eigenvalue weighted by atomic mass is 16.5. The molecule has 1 aromatic carbocycles. The Labute approximate surface area is 90.9 Å². The van der Waals surface area contributed by atoms with Gasteiger partial charge in [0.15, 0.2) is 0 Å². The summed E-state index contributed by atoms with van der Waals surface area (Å²) in [6, 6.07) is 8.24. The molecule has 15 heavy (non-hydrogen) atoms. The first kappa shape index (κ1) is 10.7. The van der Waals surface area contributed by atoms with Crippen molar-refractivity contribution in [3.8, 4) is 0 Å². The zero-order valence-corrected chi connectivity index (χ0v) is 9.15. The van der Waals surface area contributed by atoms with E-state index < -0.39 is 6.10 Å². The number of methoxy groups -OCH3 is 1. The summed E-state index contributed by atoms with van der Waals surface area (Å²) < 4.78 is 4.91. The summed E-state index contributed by atoms with van der Waals surface area (Å²) in [7, 11) is 1.60. The molecule has 1 aliphatic rings. The third-order valence-electron chi connectivity index (χ3n) is 2.91. The van der Waals surface area contributed by atoms with Crippen LogP contribution >= 0.6 is 0 Å². The zero-order valence-electron chi connectivity index (χ0n) is 9.15. The molecule has 1 unspecified atom stereocenters. The monoisotopic (exact) mass is 206 g/mol. The van der Waals surface area contributed by atoms with Crippen LogP contribution in [-0.2, 0) is 11.2 Å². The lowest BCUT2D eigenvalue weighted by Crippen LogP contribution is -2.04. The summed E-state index contributed by atoms with van der Waals surface area (Å²) in [4.78, 5) is 0. The Kier molecular flexibility index (Phi) is 3.39. The lowest BCUT2D eigenvalue weighted by molar-refractivity contribution is 0.0644. The van der Waals surface area contributed by atoms with E-state index in [1.54, 1.807) is 7.11 Å². The zero-order chi connectivity index (χ0) is 10.7. The van der Waals surface area contributed by atoms with Crippen LogP contribution in [0.3, 0.4) is 0 Å². The Bertz CT molecular complexity index is 301. The molecule has 0 saturated heterocycles. The molecule has 1 aliphatic carbocycles. The lowest BCUT2D eigenvalue weighted by Gasteiger charge is -2.10. The van der Waals surface area contributed by atoms with Crippen molar-refractivity contribution in [1.29, 1.82) is 0 Å². The minimum absolute atomic E-state index is 0.363. The first-order valence-electron chi connectivity index (χ1n) is 5.55. The SMILES string of the molecule is COCC(O)c1ccc(CC2CC2)cc1. The van der Waals surface area contributed by atoms with Crippen molar-refractivity contribution in [2.24, 2.45) is 5.92 Å². The molecule has 0 radical (unpaired) electrons. The van der Waals surface area contributed by atoms with Gasteiger partial charge in [-0.3, -0.25) is 0 Å². The van der Waals surface area contributed by atoms with E-state index in [-0.39, 0.29) is 0 Å². The van der Waals surface area contributed by atoms with E-state index in [0.29, 0.717) is 6.61 Å². The van der Waals surface area contributed by atoms with Crippen LogP contribution in [0.25, 0.3) is 0 Å². The molecule has 2 nitrogen and oxygen atoms in total. The number of aliphatic hydroxyl groups is 1. The Morgan fingerprint density at radius 1 is 1.33 bits per heavy atom. The molecule has 1 aromatic rings. The van der Waals surface area contributed by atoms with Crippen LogP contribution in [0.1, 0.15) is 30.1 Å². The smallest absolute Gasteiger partial charge is 0.102 e. The largest absolute Gasteiger partial charge is 0.386 e. The average molecular weight is 206 g/mol. The number of hydrogen-bond donors (Lipinski definition) is 1. The van der Waals surface area contributed by atoms with E-state index in [4.69, 9.17) is 4.74 Å². The van der Waals surface area contributed by atoms with Crippen molar-refractivity contribution in [2.75, 3.05) is 13.7 Å². The van der Waals surface area contributed by atoms with Crippen LogP contribution in [0.15, 0.2) is 24.3 Å². The number of ether oxygens (including phenoxy) is 1. The van der Waals surface area contributed by atoms with E-state index >= 15 is 0 Å². The average Bonchev–Trinajstić information content (AvgIpc) is 3.03. The van der Waals surface area contributed by atoms with Gasteiger partial charge in [0.1, 0.15) is 6.10 Å². The van der Waals surface area contributed by atoms with Crippen molar-refractivity contribution in [3.05, 3.63) is 35.4 Å². The molecule has 0 spiro atoms. The van der Waals surface area contributed by atoms with Crippen molar-refractivity contribution in [3.63, 3.8) is 0 Å². The number of rotatable bonds is 5. The maximum atomic E-state index is 9.68. The first-order chi connectivity index (χ1) is 7.29. The summed E-state index contributed by atoms with van der Waals surface area (Å²) in [5, 5.41) is 9.68. The van der Waals surface area contributed by atoms with Gasteiger partial charge in [-0.25, -0.2) is 0 Å². The second kappa shape index (κ2) is 4.77. The Balaban J connectivity index is 1.95. The number of aliphatic hydroxyl groups excluding tert-OH is 1. The molecule has 0 heterocycles. The molecular formula is C13H18O2. The molecule has 1 N–H and O–H groups in total. The maximum absolute atomic E-state index is 9.68. The molecule has 0 amide bonds. The summed E-state index contributed by atoms with van der Waals surface area (Å²) in [5.74, 6) is 0.916. The standard InChI is InChI=1S/C13H18O2/c1-15-9-13(14)12-6-4-11(5-7-12)8-10-2-3-10/h4-7,10,13-14H,2-3,8-9H2,1H3. The number of hydrogen-bond acceptors (Lipinski definition) is 2. The fourth-order valence-corrected chi connectivity index (χ4v) is 1.79. The van der Waals surface area contributed by atoms with Crippen LogP contribution in [-0.4, -0.2) is 18.8 Å². The van der Waals surface area contributed by atoms with Crippen molar-refractivity contribution in [2.45, 2.75) is 25.4 Å². The molecule has 0 aromatic heterocycles. The topological polar surface area (TPSA) is 29.5 Å². The maximum Gasteiger partial charge on any atom is 0.102 e. The van der Waals surface area contributed by atoms with Gasteiger partial charge in [0, 0.05) is 7.11 Å². The van der Waals surface area contributed by atoms with E-state index in [0.717, 1.165) is 11.5 Å². The lowest BCUT2D eigenvalue weighted by atomic mass is 10.0. The molecular weight excluding hydrogens is 188 g/mol. The summed E-state index contributed by atoms with van der Waals surface area (Å²) in [5.41, 5.74) is 2.32. The van der Waals surface area contributed by atoms with Gasteiger partial charge < -0.3 is 9.84 Å². The fraction of sp³-hybridized carbons (Fsp3) is 0.538. The van der Waals surface area contributed by atoms with Crippen LogP contribution in [0.2, 0.25) is 0 Å². The highest BCUT2D eigenvalue weighted by Gasteiger charge is 2.21. The normalized spacial score (nSPS) is 17.7. The number of benzene rings is 1. The van der Waals surface area contributed by atoms with E-state index in [2.05, 4.69) is 12.1 Å². The predicted octanol–water partition coefficient (Wildman–Crippen LogP) is 2.32. The third kappa shape index (κ3) is 3.05. The van der Waals surface area contributed by atoms with Gasteiger partial charge >= 0.3 is 0 Å². The van der Waals surface area contributed by atoms with E-state index in [1.165, 1.54) is 24.8 Å². The van der Waals surface area contributed by atoms with Crippen LogP contribution < -0.4 is 0 Å². The van der Waals surface area contributed by atoms with Gasteiger partial charge in [0.05, 0.1) is 6.61 Å². The van der Waals surface area contributed by atoms with E-state index in [1.807, 2.05) is 12.1 Å². The molecule has 0 aliphatic heterocycles. The Morgan fingerprint density at radius 3 is 2.53 bits per heavy atom. The summed E-state index contributed by atoms with van der Waals surface area (Å²) in [6.45, 7) is 0.363. The minimum Gasteiger partial charge on any atom is -0.386 e. The molecule has 1 saturated carbocycles. The van der Waals surface area contributed by atoms with Crippen LogP contribution in [0, 0.1) is 5.92 Å². The van der Waals surface area contributed by atoms with Gasteiger partial charge in [-0.05, 0) is 36.3 Å². The quantitative estimate of drug-likeness (QED) is 0.801. The summed E-state index contributed by atoms with van der Waals surface area (Å²) >= 11 is 0. The van der Waals surface area contributed by atoms with Gasteiger partial charge in [0.2, 0.25) is 0 Å². The second-order valence-electron chi connectivity index (χ2n) is 4.36. The van der Waals surface area contributed by atoms with Gasteiger partial charge in [-0.15, -0.1) is 0 Å². The Hall–Kier alpha value is -0.860. The first-order valence-corrected chi connectivity index (χ1v) is 5.55. The molecule has 0 bridgehead atoms. The van der Waals surface area contributed by atoms with Crippen molar-refractivity contribution in [1.82, 2.24) is 0 Å². The van der Waals surface area contributed by atoms with Crippen molar-refractivity contribution < 1.29 is 9.84 Å². The van der Waals surface area contributed by atoms with Crippen molar-refractivity contribution >= 4 is 0 Å². The highest BCUT2D eigenvalue weighted by molar-refractivity contribution is 5.25. The molecule has 2 heteroatoms. The minimum atomic E-state index is -0.495. The third-order valence-corrected chi connectivity index (χ3v) is 2.91. The highest BCUT2D eigenvalue weighted by Crippen LogP contribution is 2.32. The van der Waals surface area contributed by atoms with E-state index in [9.17, 15) is 5.11 Å². The summed E-state index contributed by atoms with van der Waals surface area (Å²) in [6.07, 6.45) is 3.47. The molecule has 1 fully saturated rings. The van der Waals surface area contributed by atoms with Gasteiger partial charge in [-0.1, -0.05) is 24.3 Å². The van der Waals surface area contributed by atoms with Gasteiger partial charge in [0.25, 0.3) is 0 Å². The molecule has 2 rings (SSSR count). The Morgan fingerprint density at radius 2 is 2.00 bits per heavy atom. The van der Waals surface area contributed by atoms with Crippen LogP contribution in [0.5, 0.6) is 0 Å².